The van der Waals surface area contributed by atoms with E-state index in [-0.39, 0.29) is 0 Å². The molecular weight excluding hydrogens is 813 g/mol. The summed E-state index contributed by atoms with van der Waals surface area (Å²) in [5.74, 6) is 0.656. The van der Waals surface area contributed by atoms with Gasteiger partial charge in [-0.15, -0.1) is 0 Å². The summed E-state index contributed by atoms with van der Waals surface area (Å²) in [6, 6.07) is 86.0. The lowest BCUT2D eigenvalue weighted by Gasteiger charge is -2.27. The number of rotatable bonds is 10. The van der Waals surface area contributed by atoms with Crippen molar-refractivity contribution in [3.8, 4) is 67.3 Å². The number of aromatic nitrogens is 2. The summed E-state index contributed by atoms with van der Waals surface area (Å²) in [7, 11) is 0. The van der Waals surface area contributed by atoms with Gasteiger partial charge in [-0.1, -0.05) is 224 Å². The molecule has 0 spiro atoms. The van der Waals surface area contributed by atoms with Crippen LogP contribution in [0.25, 0.3) is 90.3 Å². The zero-order chi connectivity index (χ0) is 44.9. The van der Waals surface area contributed by atoms with Crippen LogP contribution in [0.4, 0.5) is 0 Å². The Kier molecular flexibility index (Phi) is 11.1. The van der Waals surface area contributed by atoms with Gasteiger partial charge in [0.05, 0.1) is 22.8 Å². The molecule has 0 unspecified atom stereocenters. The average molecular weight is 857 g/mol. The Labute approximate surface area is 391 Å². The molecule has 0 amide bonds. The summed E-state index contributed by atoms with van der Waals surface area (Å²) in [6.45, 7) is 0. The van der Waals surface area contributed by atoms with E-state index in [0.717, 1.165) is 106 Å². The lowest BCUT2D eigenvalue weighted by Crippen LogP contribution is -2.20. The molecule has 11 rings (SSSR count). The van der Waals surface area contributed by atoms with Gasteiger partial charge in [-0.05, 0) is 80.4 Å². The maximum Gasteiger partial charge on any atom is 0.160 e. The van der Waals surface area contributed by atoms with Crippen molar-refractivity contribution in [2.75, 3.05) is 0 Å². The van der Waals surface area contributed by atoms with Crippen LogP contribution in [-0.4, -0.2) is 15.7 Å². The molecule has 4 nitrogen and oxygen atoms in total. The van der Waals surface area contributed by atoms with E-state index in [2.05, 4.69) is 193 Å². The molecule has 0 atom stereocenters. The van der Waals surface area contributed by atoms with Crippen LogP contribution in [0, 0.1) is 5.41 Å². The first kappa shape index (κ1) is 40.8. The molecule has 0 aliphatic carbocycles. The molecule has 316 valence electrons. The standard InChI is InChI=1S/C63H44N4/c64-61(47-28-14-5-15-29-47)60(46-26-12-4-13-27-46)62-55-37-19-36-54(56(55)41-57(65-62)45-24-10-3-11-25-45)50-32-18-34-52(40-50)59-42-58(51-33-16-30-48(38-51)43-20-6-1-7-21-43)66-63(67-59)53-35-17-31-49(39-53)44-22-8-2-9-23-44/h1-42,64-65H/b62-60-,64-61?. The van der Waals surface area contributed by atoms with Crippen LogP contribution in [0.2, 0.25) is 0 Å². The molecule has 10 aromatic rings. The molecule has 2 heterocycles. The lowest BCUT2D eigenvalue weighted by molar-refractivity contribution is 1.18. The first-order valence-electron chi connectivity index (χ1n) is 22.6. The van der Waals surface area contributed by atoms with Gasteiger partial charge in [0.2, 0.25) is 0 Å². The van der Waals surface area contributed by atoms with Crippen LogP contribution >= 0.6 is 0 Å². The second kappa shape index (κ2) is 18.2. The summed E-state index contributed by atoms with van der Waals surface area (Å²) < 4.78 is 0. The van der Waals surface area contributed by atoms with Crippen molar-refractivity contribution in [2.45, 2.75) is 0 Å². The maximum atomic E-state index is 9.75. The average Bonchev–Trinajstić information content (AvgIpc) is 3.42. The predicted molar refractivity (Wildman–Crippen MR) is 279 cm³/mol. The largest absolute Gasteiger partial charge is 0.354 e. The second-order valence-electron chi connectivity index (χ2n) is 16.6. The highest BCUT2D eigenvalue weighted by Gasteiger charge is 2.26. The Bertz CT molecular complexity index is 3370. The third kappa shape index (κ3) is 8.44. The molecule has 4 heteroatoms. The Hall–Kier alpha value is -8.99. The normalized spacial score (nSPS) is 12.6. The molecule has 1 aliphatic rings. The molecule has 0 fully saturated rings. The van der Waals surface area contributed by atoms with Gasteiger partial charge in [0.25, 0.3) is 0 Å². The van der Waals surface area contributed by atoms with Crippen LogP contribution in [0.1, 0.15) is 27.8 Å². The molecule has 1 aliphatic heterocycles. The van der Waals surface area contributed by atoms with Crippen LogP contribution < -0.4 is 5.32 Å². The van der Waals surface area contributed by atoms with E-state index in [9.17, 15) is 5.41 Å². The van der Waals surface area contributed by atoms with Crippen LogP contribution in [0.15, 0.2) is 249 Å². The SMILES string of the molecule is N=C(/C(=C1\NC(c2ccccc2)=Cc2c1cccc2-c1cccc(-c2cc(-c3cccc(-c4ccccc4)c3)nc(-c3cccc(-c4ccccc4)c3)n2)c1)c1ccccc1)c1ccccc1. The third-order valence-corrected chi connectivity index (χ3v) is 12.3. The summed E-state index contributed by atoms with van der Waals surface area (Å²) in [5, 5.41) is 13.6. The van der Waals surface area contributed by atoms with Crippen LogP contribution in [-0.2, 0) is 0 Å². The fraction of sp³-hybridized carbons (Fsp3) is 0. The van der Waals surface area contributed by atoms with Crippen molar-refractivity contribution >= 4 is 28.8 Å². The van der Waals surface area contributed by atoms with Gasteiger partial charge in [-0.25, -0.2) is 9.97 Å². The number of nitrogens with zero attached hydrogens (tertiary/aromatic N) is 2. The van der Waals surface area contributed by atoms with Gasteiger partial charge in [0.1, 0.15) is 0 Å². The zero-order valence-electron chi connectivity index (χ0n) is 36.6. The maximum absolute atomic E-state index is 9.75. The molecule has 0 radical (unpaired) electrons. The first-order valence-corrected chi connectivity index (χ1v) is 22.6. The van der Waals surface area contributed by atoms with Crippen LogP contribution in [0.5, 0.6) is 0 Å². The number of benzene rings is 9. The summed E-state index contributed by atoms with van der Waals surface area (Å²) >= 11 is 0. The van der Waals surface area contributed by atoms with Crippen molar-refractivity contribution in [3.63, 3.8) is 0 Å². The first-order chi connectivity index (χ1) is 33.1. The highest BCUT2D eigenvalue weighted by Crippen LogP contribution is 2.41. The van der Waals surface area contributed by atoms with Crippen molar-refractivity contribution in [1.82, 2.24) is 15.3 Å². The van der Waals surface area contributed by atoms with Crippen LogP contribution in [0.3, 0.4) is 0 Å². The molecule has 0 bridgehead atoms. The van der Waals surface area contributed by atoms with E-state index in [1.165, 1.54) is 0 Å². The third-order valence-electron chi connectivity index (χ3n) is 12.3. The van der Waals surface area contributed by atoms with Gasteiger partial charge in [0, 0.05) is 39.1 Å². The van der Waals surface area contributed by atoms with E-state index in [0.29, 0.717) is 11.5 Å². The fourth-order valence-corrected chi connectivity index (χ4v) is 8.99. The van der Waals surface area contributed by atoms with Gasteiger partial charge in [-0.2, -0.15) is 0 Å². The van der Waals surface area contributed by atoms with E-state index in [4.69, 9.17) is 9.97 Å². The second-order valence-corrected chi connectivity index (χ2v) is 16.6. The predicted octanol–water partition coefficient (Wildman–Crippen LogP) is 15.5. The van der Waals surface area contributed by atoms with Crippen molar-refractivity contribution in [3.05, 3.63) is 277 Å². The van der Waals surface area contributed by atoms with Gasteiger partial charge in [0.15, 0.2) is 5.82 Å². The number of nitrogens with one attached hydrogen (secondary N) is 2. The monoisotopic (exact) mass is 856 g/mol. The fourth-order valence-electron chi connectivity index (χ4n) is 8.99. The smallest absolute Gasteiger partial charge is 0.160 e. The molecule has 2 N–H and O–H groups in total. The highest BCUT2D eigenvalue weighted by atomic mass is 14.9. The van der Waals surface area contributed by atoms with Gasteiger partial charge >= 0.3 is 0 Å². The van der Waals surface area contributed by atoms with Gasteiger partial charge < -0.3 is 5.32 Å². The lowest BCUT2D eigenvalue weighted by atomic mass is 9.85. The summed E-state index contributed by atoms with van der Waals surface area (Å²) in [4.78, 5) is 10.6. The number of hydrogen-bond acceptors (Lipinski definition) is 4. The number of allylic oxidation sites excluding steroid dienone is 1. The van der Waals surface area contributed by atoms with Crippen molar-refractivity contribution in [2.24, 2.45) is 0 Å². The van der Waals surface area contributed by atoms with E-state index < -0.39 is 0 Å². The minimum atomic E-state index is 0.445. The zero-order valence-corrected chi connectivity index (χ0v) is 36.6. The molecule has 9 aromatic carbocycles. The quantitative estimate of drug-likeness (QED) is 0.135. The molecule has 0 saturated carbocycles. The van der Waals surface area contributed by atoms with E-state index in [1.54, 1.807) is 0 Å². The number of fused-ring (bicyclic) bond motifs is 1. The highest BCUT2D eigenvalue weighted by molar-refractivity contribution is 6.36. The van der Waals surface area contributed by atoms with Crippen molar-refractivity contribution in [1.29, 1.82) is 5.41 Å². The van der Waals surface area contributed by atoms with E-state index in [1.807, 2.05) is 66.7 Å². The van der Waals surface area contributed by atoms with Crippen molar-refractivity contribution < 1.29 is 0 Å². The molecule has 0 saturated heterocycles. The Balaban J connectivity index is 1.08. The molecule has 67 heavy (non-hydrogen) atoms. The Morgan fingerprint density at radius 3 is 1.34 bits per heavy atom. The Morgan fingerprint density at radius 1 is 0.343 bits per heavy atom. The Morgan fingerprint density at radius 2 is 0.761 bits per heavy atom. The number of hydrogen-bond donors (Lipinski definition) is 2. The molecule has 1 aromatic heterocycles. The summed E-state index contributed by atoms with van der Waals surface area (Å²) in [6.07, 6.45) is 2.26. The molecular formula is C63H44N4. The van der Waals surface area contributed by atoms with E-state index >= 15 is 0 Å². The topological polar surface area (TPSA) is 61.7 Å². The summed E-state index contributed by atoms with van der Waals surface area (Å²) in [5.41, 5.74) is 19.3. The minimum Gasteiger partial charge on any atom is -0.354 e. The minimum absolute atomic E-state index is 0.445. The van der Waals surface area contributed by atoms with Gasteiger partial charge in [-0.3, -0.25) is 5.41 Å².